The Labute approximate surface area is 198 Å². The number of thiophene rings is 1. The number of halogens is 3. The van der Waals surface area contributed by atoms with Crippen LogP contribution in [0.15, 0.2) is 30.3 Å². The van der Waals surface area contributed by atoms with E-state index in [0.717, 1.165) is 17.5 Å². The third kappa shape index (κ3) is 4.95. The molecule has 7 nitrogen and oxygen atoms in total. The summed E-state index contributed by atoms with van der Waals surface area (Å²) in [6, 6.07) is 6.72. The van der Waals surface area contributed by atoms with E-state index in [4.69, 9.17) is 4.74 Å². The van der Waals surface area contributed by atoms with Crippen LogP contribution in [0.2, 0.25) is 0 Å². The lowest BCUT2D eigenvalue weighted by Crippen LogP contribution is -2.43. The van der Waals surface area contributed by atoms with E-state index in [1.807, 2.05) is 0 Å². The summed E-state index contributed by atoms with van der Waals surface area (Å²) in [7, 11) is 1.57. The van der Waals surface area contributed by atoms with Gasteiger partial charge in [-0.05, 0) is 44.0 Å². The van der Waals surface area contributed by atoms with Gasteiger partial charge in [0, 0.05) is 38.0 Å². The van der Waals surface area contributed by atoms with Gasteiger partial charge in [0.2, 0.25) is 5.91 Å². The number of aryl methyl sites for hydroxylation is 1. The lowest BCUT2D eigenvalue weighted by atomic mass is 9.96. The number of nitrogens with zero attached hydrogens (tertiary/aromatic N) is 3. The number of ether oxygens (including phenoxy) is 1. The first kappa shape index (κ1) is 24.2. The highest BCUT2D eigenvalue weighted by Gasteiger charge is 2.31. The van der Waals surface area contributed by atoms with Gasteiger partial charge < -0.3 is 15.0 Å². The first-order valence-corrected chi connectivity index (χ1v) is 11.7. The molecule has 0 unspecified atom stereocenters. The van der Waals surface area contributed by atoms with Crippen LogP contribution in [0, 0.1) is 12.8 Å². The van der Waals surface area contributed by atoms with Crippen molar-refractivity contribution in [3.8, 4) is 5.69 Å². The molecule has 0 atom stereocenters. The first-order valence-electron chi connectivity index (χ1n) is 10.9. The molecule has 0 aliphatic carbocycles. The van der Waals surface area contributed by atoms with Crippen LogP contribution in [-0.2, 0) is 15.7 Å². The minimum atomic E-state index is -4.46. The number of hydrogen-bond acceptors (Lipinski definition) is 5. The Morgan fingerprint density at radius 2 is 1.97 bits per heavy atom. The largest absolute Gasteiger partial charge is 0.416 e. The number of hydrogen-bond donors (Lipinski definition) is 1. The number of methoxy groups -OCH3 is 1. The summed E-state index contributed by atoms with van der Waals surface area (Å²) in [4.78, 5) is 28.2. The second-order valence-electron chi connectivity index (χ2n) is 8.23. The van der Waals surface area contributed by atoms with Crippen LogP contribution in [-0.4, -0.2) is 59.8 Å². The van der Waals surface area contributed by atoms with Crippen LogP contribution >= 0.6 is 11.3 Å². The third-order valence-electron chi connectivity index (χ3n) is 5.93. The number of likely N-dealkylation sites (tertiary alicyclic amines) is 1. The molecule has 1 aromatic carbocycles. The number of fused-ring (bicyclic) bond motifs is 1. The van der Waals surface area contributed by atoms with Crippen LogP contribution in [0.1, 0.15) is 33.8 Å². The summed E-state index contributed by atoms with van der Waals surface area (Å²) < 4.78 is 45.9. The molecule has 0 bridgehead atoms. The maximum absolute atomic E-state index is 13.2. The van der Waals surface area contributed by atoms with Crippen molar-refractivity contribution in [3.63, 3.8) is 0 Å². The predicted octanol–water partition coefficient (Wildman–Crippen LogP) is 4.03. The molecule has 0 saturated carbocycles. The highest BCUT2D eigenvalue weighted by molar-refractivity contribution is 7.20. The quantitative estimate of drug-likeness (QED) is 0.525. The zero-order valence-electron chi connectivity index (χ0n) is 18.8. The summed E-state index contributed by atoms with van der Waals surface area (Å²) >= 11 is 1.21. The molecule has 1 aliphatic rings. The first-order chi connectivity index (χ1) is 16.2. The van der Waals surface area contributed by atoms with E-state index in [9.17, 15) is 22.8 Å². The van der Waals surface area contributed by atoms with Gasteiger partial charge in [0.1, 0.15) is 4.83 Å². The zero-order valence-corrected chi connectivity index (χ0v) is 19.6. The molecule has 1 fully saturated rings. The number of piperidine rings is 1. The van der Waals surface area contributed by atoms with Gasteiger partial charge in [0.25, 0.3) is 5.91 Å². The average molecular weight is 495 g/mol. The summed E-state index contributed by atoms with van der Waals surface area (Å²) in [5.41, 5.74) is 0.163. The van der Waals surface area contributed by atoms with Crippen molar-refractivity contribution in [2.24, 2.45) is 5.92 Å². The minimum Gasteiger partial charge on any atom is -0.383 e. The molecule has 0 spiro atoms. The molecule has 1 N–H and O–H groups in total. The van der Waals surface area contributed by atoms with E-state index in [1.165, 1.54) is 22.1 Å². The van der Waals surface area contributed by atoms with Crippen molar-refractivity contribution < 1.29 is 27.5 Å². The summed E-state index contributed by atoms with van der Waals surface area (Å²) in [5, 5.41) is 7.97. The lowest BCUT2D eigenvalue weighted by molar-refractivity contribution is -0.137. The molecule has 3 heterocycles. The monoisotopic (exact) mass is 494 g/mol. The van der Waals surface area contributed by atoms with E-state index >= 15 is 0 Å². The molecular weight excluding hydrogens is 469 g/mol. The van der Waals surface area contributed by atoms with Gasteiger partial charge >= 0.3 is 6.18 Å². The average Bonchev–Trinajstić information content (AvgIpc) is 3.39. The molecule has 182 valence electrons. The Bertz CT molecular complexity index is 1200. The van der Waals surface area contributed by atoms with Crippen LogP contribution in [0.4, 0.5) is 13.2 Å². The highest BCUT2D eigenvalue weighted by atomic mass is 32.1. The van der Waals surface area contributed by atoms with Crippen molar-refractivity contribution in [2.75, 3.05) is 33.4 Å². The smallest absolute Gasteiger partial charge is 0.383 e. The molecule has 0 radical (unpaired) electrons. The Kier molecular flexibility index (Phi) is 6.94. The number of carbonyl (C=O) groups excluding carboxylic acids is 2. The van der Waals surface area contributed by atoms with Gasteiger partial charge in [-0.2, -0.15) is 18.3 Å². The Balaban J connectivity index is 1.50. The number of carbonyl (C=O) groups is 2. The molecule has 4 rings (SSSR count). The second-order valence-corrected chi connectivity index (χ2v) is 9.26. The van der Waals surface area contributed by atoms with Crippen molar-refractivity contribution >= 4 is 33.4 Å². The molecular formula is C23H25F3N4O3S. The van der Waals surface area contributed by atoms with E-state index < -0.39 is 11.7 Å². The molecule has 2 amide bonds. The number of amides is 2. The molecule has 1 saturated heterocycles. The maximum Gasteiger partial charge on any atom is 0.416 e. The lowest BCUT2D eigenvalue weighted by Gasteiger charge is -2.31. The van der Waals surface area contributed by atoms with Crippen LogP contribution < -0.4 is 5.32 Å². The van der Waals surface area contributed by atoms with Crippen molar-refractivity contribution in [1.29, 1.82) is 0 Å². The topological polar surface area (TPSA) is 76.5 Å². The number of rotatable bonds is 6. The molecule has 2 aromatic heterocycles. The second kappa shape index (κ2) is 9.75. The fraction of sp³-hybridized carbons (Fsp3) is 0.435. The van der Waals surface area contributed by atoms with Crippen LogP contribution in [0.3, 0.4) is 0 Å². The van der Waals surface area contributed by atoms with Gasteiger partial charge in [0.15, 0.2) is 0 Å². The van der Waals surface area contributed by atoms with Crippen LogP contribution in [0.25, 0.3) is 15.9 Å². The fourth-order valence-corrected chi connectivity index (χ4v) is 5.21. The van der Waals surface area contributed by atoms with E-state index in [2.05, 4.69) is 10.4 Å². The Morgan fingerprint density at radius 1 is 1.24 bits per heavy atom. The number of benzene rings is 1. The SMILES string of the molecule is COCCNC(=O)C1CCN(C(=O)c2cc3c(C)nn(-c4cccc(C(F)(F)F)c4)c3s2)CC1. The van der Waals surface area contributed by atoms with Crippen molar-refractivity contribution in [1.82, 2.24) is 20.0 Å². The van der Waals surface area contributed by atoms with Gasteiger partial charge in [-0.3, -0.25) is 9.59 Å². The van der Waals surface area contributed by atoms with Crippen molar-refractivity contribution in [2.45, 2.75) is 25.9 Å². The van der Waals surface area contributed by atoms with Gasteiger partial charge in [-0.15, -0.1) is 11.3 Å². The van der Waals surface area contributed by atoms with E-state index in [1.54, 1.807) is 31.1 Å². The molecule has 3 aromatic rings. The molecule has 1 aliphatic heterocycles. The summed E-state index contributed by atoms with van der Waals surface area (Å²) in [6.07, 6.45) is -3.31. The summed E-state index contributed by atoms with van der Waals surface area (Å²) in [6.45, 7) is 3.61. The predicted molar refractivity (Wildman–Crippen MR) is 122 cm³/mol. The third-order valence-corrected chi connectivity index (χ3v) is 7.03. The summed E-state index contributed by atoms with van der Waals surface area (Å²) in [5.74, 6) is -0.308. The standard InChI is InChI=1S/C23H25F3N4O3S/c1-14-18-13-19(21(32)29-9-6-15(7-10-29)20(31)27-8-11-33-2)34-22(18)30(28-14)17-5-3-4-16(12-17)23(24,25)26/h3-5,12-13,15H,6-11H2,1-2H3,(H,27,31). The minimum absolute atomic E-state index is 0.0252. The highest BCUT2D eigenvalue weighted by Crippen LogP contribution is 2.34. The maximum atomic E-state index is 13.2. The van der Waals surface area contributed by atoms with Gasteiger partial charge in [0.05, 0.1) is 28.4 Å². The fourth-order valence-electron chi connectivity index (χ4n) is 4.06. The van der Waals surface area contributed by atoms with E-state index in [-0.39, 0.29) is 23.4 Å². The van der Waals surface area contributed by atoms with Crippen LogP contribution in [0.5, 0.6) is 0 Å². The number of nitrogens with one attached hydrogen (secondary N) is 1. The van der Waals surface area contributed by atoms with Gasteiger partial charge in [-0.25, -0.2) is 4.68 Å². The van der Waals surface area contributed by atoms with Crippen molar-refractivity contribution in [3.05, 3.63) is 46.5 Å². The molecule has 34 heavy (non-hydrogen) atoms. The van der Waals surface area contributed by atoms with E-state index in [0.29, 0.717) is 54.5 Å². The van der Waals surface area contributed by atoms with Gasteiger partial charge in [-0.1, -0.05) is 6.07 Å². The Morgan fingerprint density at radius 3 is 2.65 bits per heavy atom. The zero-order chi connectivity index (χ0) is 24.5. The Hall–Kier alpha value is -2.92. The number of alkyl halides is 3. The molecule has 11 heteroatoms. The normalized spacial score (nSPS) is 15.1. The number of aromatic nitrogens is 2.